The molecule has 2 saturated carbocycles. The predicted molar refractivity (Wildman–Crippen MR) is 444 cm³/mol. The van der Waals surface area contributed by atoms with Crippen LogP contribution in [0.1, 0.15) is 202 Å². The zero-order chi connectivity index (χ0) is 77.7. The molecule has 2 fully saturated rings. The number of nitrogens with zero attached hydrogens (tertiary/aromatic N) is 1. The zero-order valence-corrected chi connectivity index (χ0v) is 70.4. The molecule has 629 valence electrons. The first-order valence-electron chi connectivity index (χ1n) is 38.0. The molecular formula is C77H152BN6O20Si4. The average molecular weight is 1610 g/mol. The number of allylic oxidation sites excluding steroid dienone is 10. The van der Waals surface area contributed by atoms with Crippen LogP contribution in [-0.2, 0) is 72.1 Å². The van der Waals surface area contributed by atoms with Crippen LogP contribution in [0.5, 0.6) is 0 Å². The number of hydrogen-bond acceptors (Lipinski definition) is 22. The zero-order valence-electron chi connectivity index (χ0n) is 66.4. The standard InChI is InChI=1S/C41H76N2O10Si2.C18H38N2O10Si2.C8H14.C7H10.3CH4.BH2N2/c1-46-54(47-2,48-3)35-25-31-42-40(44)52-33-23-19-15-11-7-9-13-17-21-27-38-29-30-39(37-38)28-22-18-14-10-8-12-16-20-24-34-53-41(45)43-32-26-36-55(49-4,50-5)51-6;1-23-31(24-2,25-3)15-9-11-19-17(21)29-13-7-8-14-30-18(22)20-12-10-16-32(26-4,27-5)28-6;1-2-4-6-8-7-5-3-1;1-2-7-4-3-6(1)5-7;;;;1-3-2/h19-24,27-28,38-39H,7-18,25-26,29-37H2,1-6H3,(H,42,44)(H,43,45);7-8H,9-16H2,1-6H3,(H,19,21)(H,20,22);1-2H,3-8H2;1-2,6-7H,3-5H2;3*1H4;2H2/b;8-7+;;;;;;. The second kappa shape index (κ2) is 75.0. The Balaban J connectivity index is -0.000000844. The Bertz CT molecular complexity index is 2190. The van der Waals surface area contributed by atoms with Crippen LogP contribution in [-0.4, -0.2) is 205 Å². The molecule has 4 aliphatic carbocycles. The molecule has 1 radical (unpaired) electrons. The number of fused-ring (bicyclic) bond motifs is 2. The van der Waals surface area contributed by atoms with E-state index in [2.05, 4.69) is 101 Å². The first kappa shape index (κ1) is 110. The van der Waals surface area contributed by atoms with Gasteiger partial charge >= 0.3 is 78.1 Å². The van der Waals surface area contributed by atoms with Crippen LogP contribution < -0.4 is 27.1 Å². The Labute approximate surface area is 660 Å². The third-order valence-corrected chi connectivity index (χ3v) is 29.7. The number of hydrogen-bond donors (Lipinski definition) is 5. The first-order chi connectivity index (χ1) is 51.0. The van der Waals surface area contributed by atoms with Crippen molar-refractivity contribution in [3.63, 3.8) is 0 Å². The maximum absolute atomic E-state index is 11.8. The van der Waals surface area contributed by atoms with Gasteiger partial charge in [-0.1, -0.05) is 134 Å². The van der Waals surface area contributed by atoms with Crippen molar-refractivity contribution < 1.29 is 91.2 Å². The van der Waals surface area contributed by atoms with Gasteiger partial charge in [0.2, 0.25) is 0 Å². The van der Waals surface area contributed by atoms with Gasteiger partial charge in [-0.3, -0.25) is 0 Å². The van der Waals surface area contributed by atoms with Gasteiger partial charge in [0.1, 0.15) is 26.4 Å². The molecule has 0 aromatic rings. The van der Waals surface area contributed by atoms with E-state index in [4.69, 9.17) is 72.1 Å². The molecule has 0 saturated heterocycles. The van der Waals surface area contributed by atoms with Gasteiger partial charge < -0.3 is 93.3 Å². The topological polar surface area (TPSA) is 302 Å². The molecule has 4 amide bonds. The molecule has 6 N–H and O–H groups in total. The average Bonchev–Trinajstić information content (AvgIpc) is 1.67. The molecule has 4 atom stereocenters. The summed E-state index contributed by atoms with van der Waals surface area (Å²) in [6.07, 6.45) is 61.9. The Morgan fingerprint density at radius 2 is 0.620 bits per heavy atom. The van der Waals surface area contributed by atoms with Gasteiger partial charge in [-0.05, 0) is 177 Å². The number of rotatable bonds is 52. The number of nitrogens with two attached hydrogens (primary N) is 1. The van der Waals surface area contributed by atoms with E-state index >= 15 is 0 Å². The summed E-state index contributed by atoms with van der Waals surface area (Å²) < 4.78 is 84.5. The summed E-state index contributed by atoms with van der Waals surface area (Å²) >= 11 is 0. The van der Waals surface area contributed by atoms with Crippen molar-refractivity contribution >= 4 is 67.2 Å². The van der Waals surface area contributed by atoms with Gasteiger partial charge in [-0.2, -0.15) is 0 Å². The summed E-state index contributed by atoms with van der Waals surface area (Å²) in [5, 5.41) is 13.3. The van der Waals surface area contributed by atoms with E-state index in [9.17, 15) is 19.2 Å². The predicted octanol–water partition coefficient (Wildman–Crippen LogP) is 16.8. The fourth-order valence-corrected chi connectivity index (χ4v) is 18.9. The molecule has 2 bridgehead atoms. The van der Waals surface area contributed by atoms with E-state index in [-0.39, 0.29) is 48.7 Å². The summed E-state index contributed by atoms with van der Waals surface area (Å²) in [6.45, 7) is 2.47. The third kappa shape index (κ3) is 57.4. The van der Waals surface area contributed by atoms with Crippen molar-refractivity contribution in [2.24, 2.45) is 34.5 Å². The van der Waals surface area contributed by atoms with Gasteiger partial charge in [0.05, 0.1) is 0 Å². The summed E-state index contributed by atoms with van der Waals surface area (Å²) in [5.74, 6) is 7.70. The van der Waals surface area contributed by atoms with Crippen LogP contribution >= 0.6 is 0 Å². The molecule has 4 aliphatic rings. The van der Waals surface area contributed by atoms with E-state index in [1.165, 1.54) is 128 Å². The van der Waals surface area contributed by atoms with E-state index in [0.29, 0.717) is 76.0 Å². The SMILES string of the molecule is C.C.C.C1=CC2CCC1C2.C1=CCCCCCC1.CO[Si](CCCNC(=O)OC/C=C/COC(=O)NCCC[Si](OC)(OC)OC)(OC)OC.CO[Si](CCCNC(=O)OCC=CCCCCCCC=CC1CCC(C=CCCCCCCC=CCOC(=O)NCCC[Si](OC)(OC)OC)C1)(OC)OC.[B]=NN. The number of unbranched alkanes of at least 4 members (excludes halogenated alkanes) is 10. The van der Waals surface area contributed by atoms with Crippen LogP contribution in [0.4, 0.5) is 19.2 Å². The molecule has 0 heterocycles. The Kier molecular flexibility index (Phi) is 76.2. The van der Waals surface area contributed by atoms with Gasteiger partial charge in [0.15, 0.2) is 0 Å². The van der Waals surface area contributed by atoms with E-state index in [1.54, 1.807) is 97.5 Å². The van der Waals surface area contributed by atoms with Gasteiger partial charge in [-0.25, -0.2) is 19.2 Å². The monoisotopic (exact) mass is 1600 g/mol. The number of nitrogens with one attached hydrogen (secondary N) is 4. The Morgan fingerprint density at radius 3 is 0.852 bits per heavy atom. The molecule has 0 aliphatic heterocycles. The fourth-order valence-electron chi connectivity index (χ4n) is 12.0. The second-order valence-electron chi connectivity index (χ2n) is 25.6. The van der Waals surface area contributed by atoms with Crippen LogP contribution in [0.15, 0.2) is 90.1 Å². The third-order valence-electron chi connectivity index (χ3n) is 18.3. The van der Waals surface area contributed by atoms with Crippen molar-refractivity contribution in [1.82, 2.24) is 21.3 Å². The fraction of sp³-hybridized carbons (Fsp3) is 0.766. The van der Waals surface area contributed by atoms with Crippen molar-refractivity contribution in [3.05, 3.63) is 85.1 Å². The number of alkyl carbamates (subject to hydrolysis) is 4. The van der Waals surface area contributed by atoms with Gasteiger partial charge in [-0.15, -0.1) is 0 Å². The molecule has 4 rings (SSSR count). The summed E-state index contributed by atoms with van der Waals surface area (Å²) in [7, 11) is 12.6. The summed E-state index contributed by atoms with van der Waals surface area (Å²) in [4.78, 5) is 46.9. The quantitative estimate of drug-likeness (QED) is 0.00944. The van der Waals surface area contributed by atoms with Gasteiger partial charge in [0.25, 0.3) is 0 Å². The molecular weight excluding hydrogens is 1450 g/mol. The molecule has 26 nitrogen and oxygen atoms in total. The minimum absolute atomic E-state index is 0. The summed E-state index contributed by atoms with van der Waals surface area (Å²) in [6, 6.07) is 2.41. The van der Waals surface area contributed by atoms with Crippen LogP contribution in [0.3, 0.4) is 0 Å². The molecule has 31 heteroatoms. The van der Waals surface area contributed by atoms with E-state index < -0.39 is 59.6 Å². The molecule has 0 spiro atoms. The molecule has 0 aromatic carbocycles. The van der Waals surface area contributed by atoms with Crippen LogP contribution in [0.2, 0.25) is 24.2 Å². The van der Waals surface area contributed by atoms with Crippen LogP contribution in [0, 0.1) is 23.7 Å². The van der Waals surface area contributed by atoms with Crippen molar-refractivity contribution in [3.8, 4) is 0 Å². The normalized spacial score (nSPS) is 16.7. The number of carbonyl (C=O) groups excluding carboxylic acids is 4. The van der Waals surface area contributed by atoms with Crippen LogP contribution in [0.25, 0.3) is 0 Å². The van der Waals surface area contributed by atoms with Gasteiger partial charge in [0, 0.05) is 136 Å². The second-order valence-corrected chi connectivity index (χ2v) is 38.0. The minimum atomic E-state index is -2.63. The number of carbonyl (C=O) groups is 4. The molecule has 108 heavy (non-hydrogen) atoms. The Morgan fingerprint density at radius 1 is 0.370 bits per heavy atom. The van der Waals surface area contributed by atoms with E-state index in [1.807, 2.05) is 12.2 Å². The number of ether oxygens (including phenoxy) is 4. The van der Waals surface area contributed by atoms with Crippen molar-refractivity contribution in [2.45, 2.75) is 226 Å². The molecule has 4 unspecified atom stereocenters. The van der Waals surface area contributed by atoms with Crippen molar-refractivity contribution in [1.29, 1.82) is 0 Å². The maximum atomic E-state index is 11.8. The molecule has 0 aromatic heterocycles. The number of amides is 4. The Hall–Kier alpha value is -4.69. The van der Waals surface area contributed by atoms with Crippen molar-refractivity contribution in [2.75, 3.05) is 138 Å². The van der Waals surface area contributed by atoms with E-state index in [0.717, 1.165) is 49.4 Å². The first-order valence-corrected chi connectivity index (χ1v) is 45.7. The summed E-state index contributed by atoms with van der Waals surface area (Å²) in [5.41, 5.74) is 0.